The van der Waals surface area contributed by atoms with Crippen LogP contribution < -0.4 is 34.7 Å². The van der Waals surface area contributed by atoms with Crippen LogP contribution in [0, 0.1) is 0 Å². The molecule has 0 atom stereocenters. The van der Waals surface area contributed by atoms with Crippen molar-refractivity contribution in [2.45, 2.75) is 0 Å². The molecule has 4 heteroatoms. The molecule has 0 aliphatic rings. The summed E-state index contributed by atoms with van der Waals surface area (Å²) in [6.07, 6.45) is 0.491. The van der Waals surface area contributed by atoms with Crippen LogP contribution in [0.2, 0.25) is 0 Å². The van der Waals surface area contributed by atoms with Gasteiger partial charge in [0.1, 0.15) is 0 Å². The Morgan fingerprint density at radius 3 is 2.33 bits per heavy atom. The van der Waals surface area contributed by atoms with Crippen molar-refractivity contribution in [3.05, 3.63) is 35.4 Å². The van der Waals surface area contributed by atoms with E-state index in [1.54, 1.807) is 6.07 Å². The summed E-state index contributed by atoms with van der Waals surface area (Å²) in [5, 5.41) is 10.3. The van der Waals surface area contributed by atoms with Crippen LogP contribution in [0.3, 0.4) is 0 Å². The molecule has 0 amide bonds. The fourth-order valence-electron chi connectivity index (χ4n) is 0.786. The Hall–Kier alpha value is -0.640. The summed E-state index contributed by atoms with van der Waals surface area (Å²) in [6.45, 7) is 0. The maximum atomic E-state index is 10.3. The Morgan fingerprint density at radius 1 is 1.33 bits per heavy atom. The summed E-state index contributed by atoms with van der Waals surface area (Å²) in [4.78, 5) is 20.6. The number of benzene rings is 1. The van der Waals surface area contributed by atoms with E-state index in [0.717, 1.165) is 0 Å². The van der Waals surface area contributed by atoms with Gasteiger partial charge in [-0.05, 0) is 0 Å². The van der Waals surface area contributed by atoms with E-state index >= 15 is 0 Å². The van der Waals surface area contributed by atoms with Crippen LogP contribution >= 0.6 is 0 Å². The molecule has 0 saturated heterocycles. The van der Waals surface area contributed by atoms with Crippen LogP contribution in [0.1, 0.15) is 20.7 Å². The van der Waals surface area contributed by atoms with Crippen molar-refractivity contribution in [1.82, 2.24) is 0 Å². The summed E-state index contributed by atoms with van der Waals surface area (Å²) >= 11 is 0. The van der Waals surface area contributed by atoms with Gasteiger partial charge >= 0.3 is 29.6 Å². The van der Waals surface area contributed by atoms with Crippen LogP contribution in [0.25, 0.3) is 0 Å². The minimum absolute atomic E-state index is 0. The molecule has 1 rings (SSSR count). The number of carboxylic acid groups (broad SMARTS) is 1. The third-order valence-electron chi connectivity index (χ3n) is 1.31. The SMILES string of the molecule is O=Cc1ccccc1C(=O)[O-].[Na+]. The molecule has 0 saturated carbocycles. The molecule has 56 valence electrons. The van der Waals surface area contributed by atoms with Gasteiger partial charge in [-0.2, -0.15) is 0 Å². The Balaban J connectivity index is 0.00000121. The zero-order valence-corrected chi connectivity index (χ0v) is 8.61. The maximum Gasteiger partial charge on any atom is 1.00 e. The first kappa shape index (κ1) is 11.4. The molecule has 3 nitrogen and oxygen atoms in total. The molecule has 0 bridgehead atoms. The first-order valence-electron chi connectivity index (χ1n) is 3.01. The van der Waals surface area contributed by atoms with Gasteiger partial charge < -0.3 is 9.90 Å². The van der Waals surface area contributed by atoms with Crippen LogP contribution in [0.15, 0.2) is 24.3 Å². The minimum atomic E-state index is -1.33. The van der Waals surface area contributed by atoms with Gasteiger partial charge in [-0.15, -0.1) is 0 Å². The smallest absolute Gasteiger partial charge is 0.545 e. The molecule has 0 aliphatic heterocycles. The molecule has 0 radical (unpaired) electrons. The third-order valence-corrected chi connectivity index (χ3v) is 1.31. The van der Waals surface area contributed by atoms with E-state index in [1.165, 1.54) is 18.2 Å². The van der Waals surface area contributed by atoms with Crippen molar-refractivity contribution < 1.29 is 44.3 Å². The predicted octanol–water partition coefficient (Wildman–Crippen LogP) is -3.13. The number of hydrogen-bond donors (Lipinski definition) is 0. The predicted molar refractivity (Wildman–Crippen MR) is 36.2 cm³/mol. The second kappa shape index (κ2) is 5.09. The number of aldehydes is 1. The number of carbonyl (C=O) groups excluding carboxylic acids is 2. The van der Waals surface area contributed by atoms with Crippen molar-refractivity contribution >= 4 is 12.3 Å². The van der Waals surface area contributed by atoms with Crippen molar-refractivity contribution in [2.24, 2.45) is 0 Å². The largest absolute Gasteiger partial charge is 1.00 e. The van der Waals surface area contributed by atoms with E-state index in [2.05, 4.69) is 0 Å². The Bertz CT molecular complexity index is 296. The summed E-state index contributed by atoms with van der Waals surface area (Å²) in [5.74, 6) is -1.33. The van der Waals surface area contributed by atoms with E-state index in [1.807, 2.05) is 0 Å². The molecule has 0 aromatic heterocycles. The molecule has 1 aromatic carbocycles. The average molecular weight is 172 g/mol. The monoisotopic (exact) mass is 172 g/mol. The van der Waals surface area contributed by atoms with Crippen LogP contribution in [0.5, 0.6) is 0 Å². The van der Waals surface area contributed by atoms with Crippen molar-refractivity contribution in [3.63, 3.8) is 0 Å². The van der Waals surface area contributed by atoms with Gasteiger partial charge in [-0.25, -0.2) is 0 Å². The first-order chi connectivity index (χ1) is 5.25. The number of aromatic carboxylic acids is 1. The topological polar surface area (TPSA) is 57.2 Å². The molecule has 0 unspecified atom stereocenters. The molecule has 1 aromatic rings. The van der Waals surface area contributed by atoms with Gasteiger partial charge in [0, 0.05) is 11.1 Å². The second-order valence-electron chi connectivity index (χ2n) is 1.99. The number of rotatable bonds is 2. The van der Waals surface area contributed by atoms with E-state index in [-0.39, 0.29) is 40.7 Å². The van der Waals surface area contributed by atoms with Gasteiger partial charge in [0.2, 0.25) is 0 Å². The summed E-state index contributed by atoms with van der Waals surface area (Å²) in [5.41, 5.74) is 0.0787. The second-order valence-corrected chi connectivity index (χ2v) is 1.99. The Morgan fingerprint density at radius 2 is 1.92 bits per heavy atom. The van der Waals surface area contributed by atoms with Gasteiger partial charge in [0.25, 0.3) is 0 Å². The third kappa shape index (κ3) is 2.44. The van der Waals surface area contributed by atoms with Gasteiger partial charge in [-0.1, -0.05) is 24.3 Å². The van der Waals surface area contributed by atoms with Crippen LogP contribution in [-0.2, 0) is 0 Å². The fourth-order valence-corrected chi connectivity index (χ4v) is 0.786. The molecular weight excluding hydrogens is 167 g/mol. The van der Waals surface area contributed by atoms with Gasteiger partial charge in [0.15, 0.2) is 6.29 Å². The minimum Gasteiger partial charge on any atom is -0.545 e. The standard InChI is InChI=1S/C8H6O3.Na/c9-5-6-3-1-2-4-7(6)8(10)11;/h1-5H,(H,10,11);/q;+1/p-1. The summed E-state index contributed by atoms with van der Waals surface area (Å²) in [6, 6.07) is 5.89. The molecular formula is C8H5NaO3. The first-order valence-corrected chi connectivity index (χ1v) is 3.01. The maximum absolute atomic E-state index is 10.3. The van der Waals surface area contributed by atoms with E-state index in [0.29, 0.717) is 6.29 Å². The number of hydrogen-bond acceptors (Lipinski definition) is 3. The molecule has 0 N–H and O–H groups in total. The average Bonchev–Trinajstić information content (AvgIpc) is 2.04. The number of carbonyl (C=O) groups is 2. The van der Waals surface area contributed by atoms with Gasteiger partial charge in [0.05, 0.1) is 5.97 Å². The Kier molecular flexibility index (Phi) is 4.81. The Labute approximate surface area is 91.7 Å². The summed E-state index contributed by atoms with van der Waals surface area (Å²) in [7, 11) is 0. The zero-order chi connectivity index (χ0) is 8.27. The molecule has 0 heterocycles. The van der Waals surface area contributed by atoms with E-state index in [9.17, 15) is 14.7 Å². The van der Waals surface area contributed by atoms with E-state index < -0.39 is 5.97 Å². The molecule has 12 heavy (non-hydrogen) atoms. The molecule has 0 aliphatic carbocycles. The van der Waals surface area contributed by atoms with Crippen LogP contribution in [-0.4, -0.2) is 12.3 Å². The summed E-state index contributed by atoms with van der Waals surface area (Å²) < 4.78 is 0. The fraction of sp³-hybridized carbons (Fsp3) is 0. The molecule has 0 fully saturated rings. The van der Waals surface area contributed by atoms with Crippen LogP contribution in [0.4, 0.5) is 0 Å². The molecule has 0 spiro atoms. The van der Waals surface area contributed by atoms with Crippen molar-refractivity contribution in [3.8, 4) is 0 Å². The normalized spacial score (nSPS) is 8.33. The number of carboxylic acids is 1. The van der Waals surface area contributed by atoms with Crippen molar-refractivity contribution in [1.29, 1.82) is 0 Å². The van der Waals surface area contributed by atoms with Crippen molar-refractivity contribution in [2.75, 3.05) is 0 Å². The quantitative estimate of drug-likeness (QED) is 0.350. The van der Waals surface area contributed by atoms with Gasteiger partial charge in [-0.3, -0.25) is 4.79 Å². The zero-order valence-electron chi connectivity index (χ0n) is 6.61. The van der Waals surface area contributed by atoms with E-state index in [4.69, 9.17) is 0 Å².